The minimum absolute atomic E-state index is 0.104. The van der Waals surface area contributed by atoms with Gasteiger partial charge in [0.2, 0.25) is 5.43 Å². The van der Waals surface area contributed by atoms with Crippen LogP contribution in [0.1, 0.15) is 33.9 Å². The van der Waals surface area contributed by atoms with Crippen molar-refractivity contribution >= 4 is 17.2 Å². The molecule has 0 bridgehead atoms. The number of rotatable bonds is 3. The van der Waals surface area contributed by atoms with Gasteiger partial charge >= 0.3 is 0 Å². The van der Waals surface area contributed by atoms with Gasteiger partial charge in [0.05, 0.1) is 11.7 Å². The molecule has 1 fully saturated rings. The summed E-state index contributed by atoms with van der Waals surface area (Å²) < 4.78 is 14.5. The Labute approximate surface area is 185 Å². The molecule has 0 aliphatic carbocycles. The summed E-state index contributed by atoms with van der Waals surface area (Å²) in [6.07, 6.45) is 1.72. The number of pyridine rings is 1. The summed E-state index contributed by atoms with van der Waals surface area (Å²) in [5.41, 5.74) is 0.101. The molecule has 2 atom stereocenters. The SMILES string of the molecule is CN1C2C(O)CCCN2C(=O)c2c(O)c(=O)c(-c3nnc(Cc4ccc(F)cc4)s3)cn21. The van der Waals surface area contributed by atoms with Gasteiger partial charge in [0.15, 0.2) is 16.5 Å². The topological polar surface area (TPSA) is 112 Å². The van der Waals surface area contributed by atoms with Crippen LogP contribution in [0.15, 0.2) is 35.3 Å². The van der Waals surface area contributed by atoms with E-state index in [9.17, 15) is 24.2 Å². The number of likely N-dealkylation sites (N-methyl/N-ethyl adjacent to an activating group) is 1. The summed E-state index contributed by atoms with van der Waals surface area (Å²) in [7, 11) is 1.69. The maximum atomic E-state index is 13.1. The van der Waals surface area contributed by atoms with E-state index in [0.717, 1.165) is 5.56 Å². The first-order chi connectivity index (χ1) is 15.3. The Balaban J connectivity index is 1.54. The minimum atomic E-state index is -0.750. The normalized spacial score (nSPS) is 20.3. The molecule has 2 aliphatic rings. The highest BCUT2D eigenvalue weighted by Crippen LogP contribution is 2.32. The minimum Gasteiger partial charge on any atom is -0.502 e. The maximum Gasteiger partial charge on any atom is 0.278 e. The van der Waals surface area contributed by atoms with Gasteiger partial charge in [0, 0.05) is 26.2 Å². The number of fused-ring (bicyclic) bond motifs is 2. The number of aliphatic hydroxyl groups excluding tert-OH is 1. The van der Waals surface area contributed by atoms with Crippen molar-refractivity contribution in [3.8, 4) is 16.3 Å². The average molecular weight is 457 g/mol. The van der Waals surface area contributed by atoms with Gasteiger partial charge in [-0.05, 0) is 30.5 Å². The second-order valence-corrected chi connectivity index (χ2v) is 8.98. The lowest BCUT2D eigenvalue weighted by Crippen LogP contribution is -2.66. The fraction of sp³-hybridized carbons (Fsp3) is 0.333. The second kappa shape index (κ2) is 7.68. The van der Waals surface area contributed by atoms with Crippen molar-refractivity contribution in [3.05, 3.63) is 62.8 Å². The van der Waals surface area contributed by atoms with Crippen LogP contribution in [0.25, 0.3) is 10.6 Å². The highest BCUT2D eigenvalue weighted by molar-refractivity contribution is 7.14. The second-order valence-electron chi connectivity index (χ2n) is 7.91. The Kier molecular flexibility index (Phi) is 4.94. The average Bonchev–Trinajstić information content (AvgIpc) is 3.23. The predicted molar refractivity (Wildman–Crippen MR) is 115 cm³/mol. The lowest BCUT2D eigenvalue weighted by molar-refractivity contribution is -0.00391. The first-order valence-electron chi connectivity index (χ1n) is 10.1. The third-order valence-corrected chi connectivity index (χ3v) is 6.84. The van der Waals surface area contributed by atoms with Crippen LogP contribution in [0.3, 0.4) is 0 Å². The van der Waals surface area contributed by atoms with E-state index in [-0.39, 0.29) is 17.1 Å². The number of halogens is 1. The fourth-order valence-corrected chi connectivity index (χ4v) is 5.18. The third-order valence-electron chi connectivity index (χ3n) is 5.88. The summed E-state index contributed by atoms with van der Waals surface area (Å²) in [4.78, 5) is 27.4. The summed E-state index contributed by atoms with van der Waals surface area (Å²) in [6, 6.07) is 6.03. The largest absolute Gasteiger partial charge is 0.502 e. The standard InChI is InChI=1S/C21H20FN5O4S/c1-25-20-14(28)3-2-8-26(20)21(31)16-18(30)17(29)13(10-27(16)25)19-24-23-15(32-19)9-11-4-6-12(22)7-5-11/h4-7,10,14,20,28,30H,2-3,8-9H2,1H3. The molecule has 0 spiro atoms. The summed E-state index contributed by atoms with van der Waals surface area (Å²) >= 11 is 1.18. The molecule has 1 amide bonds. The number of carbonyl (C=O) groups is 1. The van der Waals surface area contributed by atoms with Gasteiger partial charge in [-0.2, -0.15) is 0 Å². The summed E-state index contributed by atoms with van der Waals surface area (Å²) in [5, 5.41) is 31.9. The molecular formula is C21H20FN5O4S. The number of aromatic nitrogens is 3. The molecule has 5 rings (SSSR count). The Morgan fingerprint density at radius 3 is 2.72 bits per heavy atom. The number of amides is 1. The third kappa shape index (κ3) is 3.24. The Bertz CT molecular complexity index is 1260. The molecule has 2 aromatic heterocycles. The van der Waals surface area contributed by atoms with E-state index in [1.807, 2.05) is 0 Å². The van der Waals surface area contributed by atoms with Crippen molar-refractivity contribution in [1.29, 1.82) is 0 Å². The van der Waals surface area contributed by atoms with Crippen LogP contribution in [0.2, 0.25) is 0 Å². The molecule has 0 radical (unpaired) electrons. The summed E-state index contributed by atoms with van der Waals surface area (Å²) in [5.74, 6) is -1.49. The summed E-state index contributed by atoms with van der Waals surface area (Å²) in [6.45, 7) is 0.434. The molecule has 11 heteroatoms. The zero-order valence-electron chi connectivity index (χ0n) is 17.1. The van der Waals surface area contributed by atoms with Crippen LogP contribution >= 0.6 is 11.3 Å². The molecule has 32 heavy (non-hydrogen) atoms. The van der Waals surface area contributed by atoms with Gasteiger partial charge in [-0.25, -0.2) is 4.39 Å². The molecule has 2 aliphatic heterocycles. The maximum absolute atomic E-state index is 13.1. The van der Waals surface area contributed by atoms with Gasteiger partial charge in [0.1, 0.15) is 17.0 Å². The van der Waals surface area contributed by atoms with E-state index in [1.54, 1.807) is 24.2 Å². The molecule has 1 saturated heterocycles. The first kappa shape index (κ1) is 20.6. The van der Waals surface area contributed by atoms with Crippen molar-refractivity contribution in [3.63, 3.8) is 0 Å². The van der Waals surface area contributed by atoms with E-state index in [0.29, 0.717) is 35.8 Å². The highest BCUT2D eigenvalue weighted by Gasteiger charge is 2.43. The van der Waals surface area contributed by atoms with Crippen LogP contribution < -0.4 is 10.4 Å². The van der Waals surface area contributed by atoms with Crippen LogP contribution in [0.5, 0.6) is 5.75 Å². The van der Waals surface area contributed by atoms with Crippen molar-refractivity contribution in [2.45, 2.75) is 31.5 Å². The Morgan fingerprint density at radius 2 is 1.97 bits per heavy atom. The smallest absolute Gasteiger partial charge is 0.278 e. The van der Waals surface area contributed by atoms with E-state index < -0.39 is 29.4 Å². The van der Waals surface area contributed by atoms with Crippen LogP contribution in [0.4, 0.5) is 4.39 Å². The van der Waals surface area contributed by atoms with Crippen molar-refractivity contribution in [2.24, 2.45) is 0 Å². The van der Waals surface area contributed by atoms with E-state index in [1.165, 1.54) is 39.2 Å². The predicted octanol–water partition coefficient (Wildman–Crippen LogP) is 1.31. The lowest BCUT2D eigenvalue weighted by atomic mass is 10.0. The van der Waals surface area contributed by atoms with Gasteiger partial charge in [0.25, 0.3) is 5.91 Å². The molecule has 0 saturated carbocycles. The number of hydrogen-bond donors (Lipinski definition) is 2. The zero-order chi connectivity index (χ0) is 22.6. The molecule has 3 aromatic rings. The molecule has 9 nitrogen and oxygen atoms in total. The van der Waals surface area contributed by atoms with Crippen LogP contribution in [-0.4, -0.2) is 61.8 Å². The quantitative estimate of drug-likeness (QED) is 0.610. The zero-order valence-corrected chi connectivity index (χ0v) is 17.9. The molecule has 166 valence electrons. The van der Waals surface area contributed by atoms with E-state index >= 15 is 0 Å². The number of piperidine rings is 1. The number of aromatic hydroxyl groups is 1. The van der Waals surface area contributed by atoms with Gasteiger partial charge in [-0.15, -0.1) is 10.2 Å². The fourth-order valence-electron chi connectivity index (χ4n) is 4.30. The molecule has 1 aromatic carbocycles. The van der Waals surface area contributed by atoms with Crippen LogP contribution in [0, 0.1) is 5.82 Å². The van der Waals surface area contributed by atoms with E-state index in [2.05, 4.69) is 10.2 Å². The Morgan fingerprint density at radius 1 is 1.22 bits per heavy atom. The monoisotopic (exact) mass is 457 g/mol. The van der Waals surface area contributed by atoms with Crippen LogP contribution in [-0.2, 0) is 6.42 Å². The molecule has 4 heterocycles. The van der Waals surface area contributed by atoms with Crippen molar-refractivity contribution in [2.75, 3.05) is 18.6 Å². The van der Waals surface area contributed by atoms with Gasteiger partial charge < -0.3 is 15.1 Å². The first-order valence-corrected chi connectivity index (χ1v) is 10.9. The van der Waals surface area contributed by atoms with Gasteiger partial charge in [-0.3, -0.25) is 19.3 Å². The number of carbonyl (C=O) groups excluding carboxylic acids is 1. The molecule has 2 unspecified atom stereocenters. The highest BCUT2D eigenvalue weighted by atomic mass is 32.1. The number of benzene rings is 1. The number of aliphatic hydroxyl groups is 1. The van der Waals surface area contributed by atoms with Crippen molar-refractivity contribution < 1.29 is 19.4 Å². The van der Waals surface area contributed by atoms with E-state index in [4.69, 9.17) is 0 Å². The molecular weight excluding hydrogens is 437 g/mol. The number of nitrogens with zero attached hydrogens (tertiary/aromatic N) is 5. The van der Waals surface area contributed by atoms with Gasteiger partial charge in [-0.1, -0.05) is 23.5 Å². The Hall–Kier alpha value is -3.31. The lowest BCUT2D eigenvalue weighted by Gasteiger charge is -2.49. The molecule has 2 N–H and O–H groups in total. The number of hydrogen-bond acceptors (Lipinski definition) is 8. The van der Waals surface area contributed by atoms with Crippen molar-refractivity contribution in [1.82, 2.24) is 19.8 Å².